The van der Waals surface area contributed by atoms with Gasteiger partial charge in [0.1, 0.15) is 12.8 Å². The minimum Gasteiger partial charge on any atom is -0.399 e. The molecule has 0 N–H and O–H groups in total. The lowest BCUT2D eigenvalue weighted by atomic mass is 10.1. The van der Waals surface area contributed by atoms with Crippen LogP contribution >= 0.6 is 15.9 Å². The van der Waals surface area contributed by atoms with E-state index < -0.39 is 0 Å². The molecule has 0 aliphatic heterocycles. The fraction of sp³-hybridized carbons (Fsp3) is 0.364. The smallest absolute Gasteiger partial charge is 0.106 e. The van der Waals surface area contributed by atoms with Crippen LogP contribution in [0.5, 0.6) is 0 Å². The second kappa shape index (κ2) is 5.15. The Morgan fingerprint density at radius 1 is 1.36 bits per heavy atom. The number of aryl methyl sites for hydroxylation is 1. The van der Waals surface area contributed by atoms with Crippen LogP contribution in [0.2, 0.25) is 0 Å². The van der Waals surface area contributed by atoms with Crippen molar-refractivity contribution in [3.63, 3.8) is 0 Å². The molecule has 1 unspecified atom stereocenters. The lowest BCUT2D eigenvalue weighted by Gasteiger charge is -2.07. The summed E-state index contributed by atoms with van der Waals surface area (Å²) in [6.07, 6.45) is 0. The fourth-order valence-corrected chi connectivity index (χ4v) is 1.53. The minimum absolute atomic E-state index is 0.185. The van der Waals surface area contributed by atoms with E-state index >= 15 is 0 Å². The number of oxime groups is 1. The van der Waals surface area contributed by atoms with Gasteiger partial charge in [0.15, 0.2) is 0 Å². The molecule has 14 heavy (non-hydrogen) atoms. The maximum atomic E-state index is 4.81. The van der Waals surface area contributed by atoms with Gasteiger partial charge in [-0.15, -0.1) is 0 Å². The first-order valence-corrected chi connectivity index (χ1v) is 5.39. The number of benzene rings is 1. The lowest BCUT2D eigenvalue weighted by molar-refractivity contribution is 0.213. The monoisotopic (exact) mass is 255 g/mol. The van der Waals surface area contributed by atoms with Crippen LogP contribution in [-0.2, 0) is 4.84 Å². The van der Waals surface area contributed by atoms with Crippen LogP contribution in [-0.4, -0.2) is 17.6 Å². The van der Waals surface area contributed by atoms with E-state index in [0.717, 1.165) is 11.3 Å². The van der Waals surface area contributed by atoms with Gasteiger partial charge in [0.2, 0.25) is 0 Å². The van der Waals surface area contributed by atoms with Crippen LogP contribution in [0.25, 0.3) is 0 Å². The molecule has 0 saturated carbocycles. The average molecular weight is 256 g/mol. The Hall–Kier alpha value is -0.830. The average Bonchev–Trinajstić information content (AvgIpc) is 2.15. The van der Waals surface area contributed by atoms with Gasteiger partial charge in [-0.3, -0.25) is 0 Å². The van der Waals surface area contributed by atoms with Crippen molar-refractivity contribution >= 4 is 21.6 Å². The summed E-state index contributed by atoms with van der Waals surface area (Å²) in [4.78, 5) is 4.99. The fourth-order valence-electron chi connectivity index (χ4n) is 1.18. The molecule has 0 radical (unpaired) electrons. The van der Waals surface area contributed by atoms with Crippen molar-refractivity contribution in [2.45, 2.75) is 18.7 Å². The zero-order chi connectivity index (χ0) is 10.6. The summed E-state index contributed by atoms with van der Waals surface area (Å²) in [6, 6.07) is 8.22. The summed E-state index contributed by atoms with van der Waals surface area (Å²) in [7, 11) is 1.56. The first-order chi connectivity index (χ1) is 6.65. The quantitative estimate of drug-likeness (QED) is 0.462. The molecule has 1 atom stereocenters. The highest BCUT2D eigenvalue weighted by molar-refractivity contribution is 9.10. The van der Waals surface area contributed by atoms with Gasteiger partial charge < -0.3 is 4.84 Å². The molecule has 0 fully saturated rings. The molecule has 0 heterocycles. The summed E-state index contributed by atoms with van der Waals surface area (Å²) < 4.78 is 0. The summed E-state index contributed by atoms with van der Waals surface area (Å²) in [5.74, 6) is 0. The van der Waals surface area contributed by atoms with Crippen molar-refractivity contribution in [2.75, 3.05) is 7.11 Å². The van der Waals surface area contributed by atoms with Gasteiger partial charge in [-0.1, -0.05) is 50.9 Å². The van der Waals surface area contributed by atoms with Crippen LogP contribution in [0.1, 0.15) is 18.1 Å². The Balaban J connectivity index is 3.00. The van der Waals surface area contributed by atoms with E-state index in [1.165, 1.54) is 5.56 Å². The summed E-state index contributed by atoms with van der Waals surface area (Å²) >= 11 is 3.49. The van der Waals surface area contributed by atoms with Crippen LogP contribution in [0.3, 0.4) is 0 Å². The second-order valence-electron chi connectivity index (χ2n) is 3.14. The SMILES string of the molecule is CON=C(c1ccc(C)cc1)C(C)Br. The number of rotatable bonds is 3. The van der Waals surface area contributed by atoms with Crippen molar-refractivity contribution < 1.29 is 4.84 Å². The molecule has 0 bridgehead atoms. The Morgan fingerprint density at radius 2 is 1.93 bits per heavy atom. The predicted molar refractivity (Wildman–Crippen MR) is 63.1 cm³/mol. The van der Waals surface area contributed by atoms with E-state index in [9.17, 15) is 0 Å². The molecule has 1 aromatic rings. The number of nitrogens with zero attached hydrogens (tertiary/aromatic N) is 1. The van der Waals surface area contributed by atoms with Crippen LogP contribution in [0.15, 0.2) is 29.4 Å². The van der Waals surface area contributed by atoms with Gasteiger partial charge in [-0.25, -0.2) is 0 Å². The van der Waals surface area contributed by atoms with E-state index in [1.54, 1.807) is 7.11 Å². The van der Waals surface area contributed by atoms with Crippen molar-refractivity contribution in [2.24, 2.45) is 5.16 Å². The molecule has 0 aliphatic carbocycles. The largest absolute Gasteiger partial charge is 0.399 e. The Kier molecular flexibility index (Phi) is 4.14. The number of alkyl halides is 1. The van der Waals surface area contributed by atoms with Gasteiger partial charge in [0.05, 0.1) is 4.83 Å². The van der Waals surface area contributed by atoms with Crippen LogP contribution in [0, 0.1) is 6.92 Å². The molecule has 0 amide bonds. The molecule has 1 aromatic carbocycles. The normalized spacial score (nSPS) is 13.9. The van der Waals surface area contributed by atoms with E-state index in [4.69, 9.17) is 4.84 Å². The molecule has 2 nitrogen and oxygen atoms in total. The van der Waals surface area contributed by atoms with Crippen molar-refractivity contribution in [1.82, 2.24) is 0 Å². The van der Waals surface area contributed by atoms with Crippen LogP contribution in [0.4, 0.5) is 0 Å². The summed E-state index contributed by atoms with van der Waals surface area (Å²) in [5, 5.41) is 3.99. The molecular weight excluding hydrogens is 242 g/mol. The predicted octanol–water partition coefficient (Wildman–Crippen LogP) is 3.13. The lowest BCUT2D eigenvalue weighted by Crippen LogP contribution is -2.12. The number of hydrogen-bond acceptors (Lipinski definition) is 2. The van der Waals surface area contributed by atoms with E-state index in [2.05, 4.69) is 40.1 Å². The highest BCUT2D eigenvalue weighted by atomic mass is 79.9. The van der Waals surface area contributed by atoms with Gasteiger partial charge >= 0.3 is 0 Å². The Bertz CT molecular complexity index is 317. The van der Waals surface area contributed by atoms with Gasteiger partial charge in [0.25, 0.3) is 0 Å². The highest BCUT2D eigenvalue weighted by Gasteiger charge is 2.10. The third-order valence-corrected chi connectivity index (χ3v) is 2.35. The van der Waals surface area contributed by atoms with E-state index in [0.29, 0.717) is 0 Å². The first kappa shape index (κ1) is 11.2. The Morgan fingerprint density at radius 3 is 2.36 bits per heavy atom. The molecule has 3 heteroatoms. The molecule has 0 aromatic heterocycles. The number of halogens is 1. The zero-order valence-electron chi connectivity index (χ0n) is 8.62. The van der Waals surface area contributed by atoms with Gasteiger partial charge in [-0.2, -0.15) is 0 Å². The third kappa shape index (κ3) is 2.84. The van der Waals surface area contributed by atoms with Crippen LogP contribution < -0.4 is 0 Å². The van der Waals surface area contributed by atoms with Crippen molar-refractivity contribution in [1.29, 1.82) is 0 Å². The van der Waals surface area contributed by atoms with Crippen molar-refractivity contribution in [3.8, 4) is 0 Å². The maximum absolute atomic E-state index is 4.81. The topological polar surface area (TPSA) is 21.6 Å². The first-order valence-electron chi connectivity index (χ1n) is 4.47. The molecule has 0 aliphatic rings. The molecule has 0 saturated heterocycles. The Labute approximate surface area is 93.1 Å². The van der Waals surface area contributed by atoms with Gasteiger partial charge in [0, 0.05) is 5.56 Å². The van der Waals surface area contributed by atoms with Gasteiger partial charge in [-0.05, 0) is 13.8 Å². The minimum atomic E-state index is 0.185. The molecule has 0 spiro atoms. The number of hydrogen-bond donors (Lipinski definition) is 0. The summed E-state index contributed by atoms with van der Waals surface area (Å²) in [5.41, 5.74) is 3.24. The molecule has 1 rings (SSSR count). The highest BCUT2D eigenvalue weighted by Crippen LogP contribution is 2.12. The zero-order valence-corrected chi connectivity index (χ0v) is 10.2. The van der Waals surface area contributed by atoms with E-state index in [-0.39, 0.29) is 4.83 Å². The maximum Gasteiger partial charge on any atom is 0.106 e. The standard InChI is InChI=1S/C11H14BrNO/c1-8-4-6-10(7-5-8)11(9(2)12)13-14-3/h4-7,9H,1-3H3. The second-order valence-corrected chi connectivity index (χ2v) is 4.51. The van der Waals surface area contributed by atoms with Crippen molar-refractivity contribution in [3.05, 3.63) is 35.4 Å². The molecule has 76 valence electrons. The van der Waals surface area contributed by atoms with E-state index in [1.807, 2.05) is 19.1 Å². The third-order valence-electron chi connectivity index (χ3n) is 1.91. The molecular formula is C11H14BrNO. The summed E-state index contributed by atoms with van der Waals surface area (Å²) in [6.45, 7) is 4.09.